The van der Waals surface area contributed by atoms with Crippen LogP contribution in [0.5, 0.6) is 0 Å². The predicted molar refractivity (Wildman–Crippen MR) is 69.7 cm³/mol. The number of anilines is 1. The van der Waals surface area contributed by atoms with Crippen LogP contribution in [0.1, 0.15) is 18.4 Å². The second-order valence-electron chi connectivity index (χ2n) is 4.30. The first-order valence-electron chi connectivity index (χ1n) is 5.58. The average Bonchev–Trinajstić information content (AvgIpc) is 2.30. The second kappa shape index (κ2) is 4.80. The molecule has 0 aliphatic carbocycles. The summed E-state index contributed by atoms with van der Waals surface area (Å²) in [7, 11) is 0. The average molecular weight is 232 g/mol. The van der Waals surface area contributed by atoms with Gasteiger partial charge < -0.3 is 5.32 Å². The van der Waals surface area contributed by atoms with Crippen LogP contribution >= 0.6 is 11.8 Å². The van der Waals surface area contributed by atoms with Crippen LogP contribution in [0.4, 0.5) is 5.69 Å². The molecule has 1 saturated heterocycles. The second-order valence-corrected chi connectivity index (χ2v) is 5.53. The lowest BCUT2D eigenvalue weighted by Crippen LogP contribution is -2.40. The number of hydrogen-bond donors (Lipinski definition) is 1. The minimum Gasteiger partial charge on any atom is -0.367 e. The fourth-order valence-corrected chi connectivity index (χ4v) is 3.17. The van der Waals surface area contributed by atoms with E-state index in [2.05, 4.69) is 30.4 Å². The van der Waals surface area contributed by atoms with Gasteiger partial charge >= 0.3 is 0 Å². The third-order valence-corrected chi connectivity index (χ3v) is 3.95. The van der Waals surface area contributed by atoms with Crippen molar-refractivity contribution in [3.05, 3.63) is 29.8 Å². The molecule has 1 aromatic carbocycles. The van der Waals surface area contributed by atoms with Crippen molar-refractivity contribution < 1.29 is 0 Å². The van der Waals surface area contributed by atoms with Crippen molar-refractivity contribution in [1.29, 1.82) is 5.26 Å². The molecule has 0 aromatic heterocycles. The van der Waals surface area contributed by atoms with E-state index in [1.165, 1.54) is 5.56 Å². The molecule has 1 fully saturated rings. The molecule has 1 aromatic rings. The molecule has 1 aliphatic rings. The van der Waals surface area contributed by atoms with E-state index >= 15 is 0 Å². The van der Waals surface area contributed by atoms with E-state index in [4.69, 9.17) is 0 Å². The summed E-state index contributed by atoms with van der Waals surface area (Å²) in [6.45, 7) is 2.07. The maximum absolute atomic E-state index is 9.35. The Bertz CT molecular complexity index is 403. The van der Waals surface area contributed by atoms with E-state index in [1.807, 2.05) is 23.9 Å². The van der Waals surface area contributed by atoms with Gasteiger partial charge in [0.2, 0.25) is 0 Å². The highest BCUT2D eigenvalue weighted by atomic mass is 32.2. The Hall–Kier alpha value is -1.14. The van der Waals surface area contributed by atoms with Crippen LogP contribution in [-0.2, 0) is 0 Å². The molecule has 1 heterocycles. The van der Waals surface area contributed by atoms with Crippen LogP contribution in [-0.4, -0.2) is 17.0 Å². The topological polar surface area (TPSA) is 35.8 Å². The summed E-state index contributed by atoms with van der Waals surface area (Å²) in [5, 5.41) is 12.8. The van der Waals surface area contributed by atoms with Gasteiger partial charge in [0, 0.05) is 5.69 Å². The van der Waals surface area contributed by atoms with E-state index in [1.54, 1.807) is 0 Å². The minimum atomic E-state index is -0.348. The summed E-state index contributed by atoms with van der Waals surface area (Å²) in [5.41, 5.74) is 1.94. The molecule has 0 atom stereocenters. The number of aryl methyl sites for hydroxylation is 1. The molecular formula is C13H16N2S. The van der Waals surface area contributed by atoms with Crippen LogP contribution in [0.3, 0.4) is 0 Å². The quantitative estimate of drug-likeness (QED) is 0.850. The van der Waals surface area contributed by atoms with Crippen molar-refractivity contribution in [2.75, 3.05) is 16.8 Å². The lowest BCUT2D eigenvalue weighted by molar-refractivity contribution is 0.545. The number of thioether (sulfide) groups is 1. The number of rotatable bonds is 2. The van der Waals surface area contributed by atoms with Crippen molar-refractivity contribution >= 4 is 17.4 Å². The zero-order chi connectivity index (χ0) is 11.4. The van der Waals surface area contributed by atoms with E-state index in [9.17, 15) is 5.26 Å². The van der Waals surface area contributed by atoms with Crippen molar-refractivity contribution in [2.45, 2.75) is 25.3 Å². The van der Waals surface area contributed by atoms with Crippen LogP contribution in [0.25, 0.3) is 0 Å². The molecule has 1 aliphatic heterocycles. The van der Waals surface area contributed by atoms with Gasteiger partial charge in [0.15, 0.2) is 0 Å². The molecule has 0 unspecified atom stereocenters. The third-order valence-electron chi connectivity index (χ3n) is 2.96. The van der Waals surface area contributed by atoms with E-state index in [0.29, 0.717) is 0 Å². The highest BCUT2D eigenvalue weighted by molar-refractivity contribution is 7.99. The number of nitriles is 1. The van der Waals surface area contributed by atoms with Crippen molar-refractivity contribution in [1.82, 2.24) is 0 Å². The number of nitrogens with one attached hydrogen (secondary N) is 1. The van der Waals surface area contributed by atoms with Gasteiger partial charge in [0.1, 0.15) is 5.54 Å². The summed E-state index contributed by atoms with van der Waals surface area (Å²) in [5.74, 6) is 2.15. The summed E-state index contributed by atoms with van der Waals surface area (Å²) in [6, 6.07) is 10.7. The first kappa shape index (κ1) is 11.3. The smallest absolute Gasteiger partial charge is 0.126 e. The lowest BCUT2D eigenvalue weighted by atomic mass is 9.93. The fourth-order valence-electron chi connectivity index (χ4n) is 1.98. The van der Waals surface area contributed by atoms with Gasteiger partial charge in [0.25, 0.3) is 0 Å². The van der Waals surface area contributed by atoms with Gasteiger partial charge in [-0.25, -0.2) is 0 Å². The van der Waals surface area contributed by atoms with Gasteiger partial charge in [0.05, 0.1) is 6.07 Å². The Labute approximate surface area is 101 Å². The standard InChI is InChI=1S/C13H16N2S/c1-11-3-2-4-12(9-11)15-13(10-14)5-7-16-8-6-13/h2-4,9,15H,5-8H2,1H3. The molecule has 84 valence electrons. The molecule has 0 amide bonds. The van der Waals surface area contributed by atoms with E-state index in [0.717, 1.165) is 30.0 Å². The van der Waals surface area contributed by atoms with Crippen LogP contribution in [0.2, 0.25) is 0 Å². The molecule has 0 saturated carbocycles. The molecule has 0 bridgehead atoms. The Morgan fingerprint density at radius 1 is 1.38 bits per heavy atom. The van der Waals surface area contributed by atoms with Crippen molar-refractivity contribution in [3.63, 3.8) is 0 Å². The number of benzene rings is 1. The number of nitrogens with zero attached hydrogens (tertiary/aromatic N) is 1. The minimum absolute atomic E-state index is 0.348. The van der Waals surface area contributed by atoms with Crippen LogP contribution < -0.4 is 5.32 Å². The molecule has 2 rings (SSSR count). The summed E-state index contributed by atoms with van der Waals surface area (Å²) in [4.78, 5) is 0. The fraction of sp³-hybridized carbons (Fsp3) is 0.462. The summed E-state index contributed by atoms with van der Waals surface area (Å²) >= 11 is 1.94. The molecule has 2 nitrogen and oxygen atoms in total. The van der Waals surface area contributed by atoms with Gasteiger partial charge in [-0.15, -0.1) is 0 Å². The summed E-state index contributed by atoms with van der Waals surface area (Å²) < 4.78 is 0. The van der Waals surface area contributed by atoms with Gasteiger partial charge in [-0.2, -0.15) is 17.0 Å². The molecule has 0 spiro atoms. The monoisotopic (exact) mass is 232 g/mol. The third kappa shape index (κ3) is 2.51. The van der Waals surface area contributed by atoms with Gasteiger partial charge in [-0.1, -0.05) is 12.1 Å². The Morgan fingerprint density at radius 3 is 2.75 bits per heavy atom. The van der Waals surface area contributed by atoms with Gasteiger partial charge in [-0.3, -0.25) is 0 Å². The maximum Gasteiger partial charge on any atom is 0.126 e. The predicted octanol–water partition coefficient (Wildman–Crippen LogP) is 3.20. The first-order chi connectivity index (χ1) is 7.74. The highest BCUT2D eigenvalue weighted by Crippen LogP contribution is 2.30. The Balaban J connectivity index is 2.15. The van der Waals surface area contributed by atoms with Crippen molar-refractivity contribution in [2.24, 2.45) is 0 Å². The largest absolute Gasteiger partial charge is 0.367 e. The zero-order valence-corrected chi connectivity index (χ0v) is 10.3. The van der Waals surface area contributed by atoms with E-state index < -0.39 is 0 Å². The number of hydrogen-bond acceptors (Lipinski definition) is 3. The normalized spacial score (nSPS) is 18.8. The van der Waals surface area contributed by atoms with E-state index in [-0.39, 0.29) is 5.54 Å². The molecular weight excluding hydrogens is 216 g/mol. The highest BCUT2D eigenvalue weighted by Gasteiger charge is 2.31. The molecule has 0 radical (unpaired) electrons. The Kier molecular flexibility index (Phi) is 3.40. The Morgan fingerprint density at radius 2 is 2.12 bits per heavy atom. The SMILES string of the molecule is Cc1cccc(NC2(C#N)CCSCC2)c1. The van der Waals surface area contributed by atoms with Crippen molar-refractivity contribution in [3.8, 4) is 6.07 Å². The lowest BCUT2D eigenvalue weighted by Gasteiger charge is -2.32. The van der Waals surface area contributed by atoms with Crippen LogP contribution in [0.15, 0.2) is 24.3 Å². The maximum atomic E-state index is 9.35. The molecule has 3 heteroatoms. The summed E-state index contributed by atoms with van der Waals surface area (Å²) in [6.07, 6.45) is 1.87. The van der Waals surface area contributed by atoms with Crippen LogP contribution in [0, 0.1) is 18.3 Å². The molecule has 1 N–H and O–H groups in total. The zero-order valence-electron chi connectivity index (χ0n) is 9.49. The van der Waals surface area contributed by atoms with Gasteiger partial charge in [-0.05, 0) is 49.0 Å². The first-order valence-corrected chi connectivity index (χ1v) is 6.73. The molecule has 16 heavy (non-hydrogen) atoms.